The van der Waals surface area contributed by atoms with Crippen LogP contribution < -0.4 is 24.3 Å². The minimum absolute atomic E-state index is 0.0887. The molecule has 0 unspecified atom stereocenters. The van der Waals surface area contributed by atoms with Crippen molar-refractivity contribution in [1.82, 2.24) is 5.32 Å². The van der Waals surface area contributed by atoms with E-state index in [1.54, 1.807) is 31.4 Å². The van der Waals surface area contributed by atoms with Crippen LogP contribution in [-0.4, -0.2) is 38.4 Å². The normalized spacial score (nSPS) is 13.3. The fraction of sp³-hybridized carbons (Fsp3) is 0.348. The van der Waals surface area contributed by atoms with Crippen LogP contribution >= 0.6 is 0 Å². The van der Waals surface area contributed by atoms with Gasteiger partial charge in [0.2, 0.25) is 0 Å². The second-order valence-corrected chi connectivity index (χ2v) is 7.17. The molecule has 0 atom stereocenters. The van der Waals surface area contributed by atoms with Gasteiger partial charge < -0.3 is 24.3 Å². The largest absolute Gasteiger partial charge is 0.497 e. The second kappa shape index (κ2) is 9.24. The van der Waals surface area contributed by atoms with Gasteiger partial charge in [0.1, 0.15) is 23.7 Å². The standard InChI is InChI=1S/C23H25NO5/c1-23(2)15-17-8-6-11-20(22(17)29-23)27-13-5-4-12-24-21(25)16-28-19-10-7-9-18(14-19)26-3/h6-11,14H,12-13,15-16H2,1-3H3,(H,24,25). The van der Waals surface area contributed by atoms with Gasteiger partial charge in [-0.05, 0) is 32.0 Å². The molecule has 0 saturated heterocycles. The quantitative estimate of drug-likeness (QED) is 0.730. The molecule has 29 heavy (non-hydrogen) atoms. The summed E-state index contributed by atoms with van der Waals surface area (Å²) in [7, 11) is 1.58. The summed E-state index contributed by atoms with van der Waals surface area (Å²) in [4.78, 5) is 11.8. The Morgan fingerprint density at radius 2 is 1.93 bits per heavy atom. The van der Waals surface area contributed by atoms with Crippen LogP contribution in [0.25, 0.3) is 0 Å². The Bertz CT molecular complexity index is 926. The SMILES string of the molecule is COc1cccc(OCC(=O)NCC#CCOc2cccc3c2OC(C)(C)C3)c1. The Morgan fingerprint density at radius 3 is 2.76 bits per heavy atom. The zero-order chi connectivity index (χ0) is 20.7. The average Bonchev–Trinajstić information content (AvgIpc) is 3.03. The molecule has 6 heteroatoms. The van der Waals surface area contributed by atoms with Crippen LogP contribution in [0.1, 0.15) is 19.4 Å². The van der Waals surface area contributed by atoms with Crippen molar-refractivity contribution in [2.24, 2.45) is 0 Å². The van der Waals surface area contributed by atoms with Crippen LogP contribution in [0.3, 0.4) is 0 Å². The number of para-hydroxylation sites is 1. The Kier molecular flexibility index (Phi) is 6.50. The molecule has 2 aromatic rings. The first-order valence-corrected chi connectivity index (χ1v) is 9.40. The van der Waals surface area contributed by atoms with Crippen LogP contribution in [0.15, 0.2) is 42.5 Å². The summed E-state index contributed by atoms with van der Waals surface area (Å²) >= 11 is 0. The summed E-state index contributed by atoms with van der Waals surface area (Å²) in [6.45, 7) is 4.46. The number of fused-ring (bicyclic) bond motifs is 1. The fourth-order valence-electron chi connectivity index (χ4n) is 2.96. The Hall–Kier alpha value is -3.33. The van der Waals surface area contributed by atoms with Crippen LogP contribution in [-0.2, 0) is 11.2 Å². The topological polar surface area (TPSA) is 66.0 Å². The summed E-state index contributed by atoms with van der Waals surface area (Å²) < 4.78 is 22.2. The summed E-state index contributed by atoms with van der Waals surface area (Å²) in [5.41, 5.74) is 0.925. The van der Waals surface area contributed by atoms with Crippen molar-refractivity contribution in [3.63, 3.8) is 0 Å². The molecule has 1 amide bonds. The number of rotatable bonds is 7. The van der Waals surface area contributed by atoms with Gasteiger partial charge in [-0.2, -0.15) is 0 Å². The molecule has 1 aliphatic rings. The highest BCUT2D eigenvalue weighted by Crippen LogP contribution is 2.41. The molecule has 0 aliphatic carbocycles. The van der Waals surface area contributed by atoms with Crippen molar-refractivity contribution in [2.75, 3.05) is 26.9 Å². The average molecular weight is 395 g/mol. The molecule has 0 fully saturated rings. The van der Waals surface area contributed by atoms with Gasteiger partial charge in [0.25, 0.3) is 5.91 Å². The summed E-state index contributed by atoms with van der Waals surface area (Å²) in [5, 5.41) is 2.68. The Morgan fingerprint density at radius 1 is 1.14 bits per heavy atom. The zero-order valence-corrected chi connectivity index (χ0v) is 16.9. The molecule has 1 aliphatic heterocycles. The molecule has 0 spiro atoms. The highest BCUT2D eigenvalue weighted by Gasteiger charge is 2.32. The number of hydrogen-bond donors (Lipinski definition) is 1. The molecule has 0 bridgehead atoms. The minimum Gasteiger partial charge on any atom is -0.497 e. The lowest BCUT2D eigenvalue weighted by atomic mass is 10.0. The maximum atomic E-state index is 11.8. The number of amides is 1. The first kappa shape index (κ1) is 20.4. The van der Waals surface area contributed by atoms with Crippen LogP contribution in [0, 0.1) is 11.8 Å². The van der Waals surface area contributed by atoms with Crippen molar-refractivity contribution in [1.29, 1.82) is 0 Å². The minimum atomic E-state index is -0.250. The van der Waals surface area contributed by atoms with Crippen molar-refractivity contribution in [3.8, 4) is 34.8 Å². The van der Waals surface area contributed by atoms with E-state index in [0.717, 1.165) is 17.7 Å². The molecule has 6 nitrogen and oxygen atoms in total. The molecule has 1 heterocycles. The van der Waals surface area contributed by atoms with Gasteiger partial charge in [0, 0.05) is 18.1 Å². The zero-order valence-electron chi connectivity index (χ0n) is 16.9. The van der Waals surface area contributed by atoms with Gasteiger partial charge in [-0.25, -0.2) is 0 Å². The fourth-order valence-corrected chi connectivity index (χ4v) is 2.96. The lowest BCUT2D eigenvalue weighted by Gasteiger charge is -2.17. The predicted molar refractivity (Wildman–Crippen MR) is 110 cm³/mol. The summed E-state index contributed by atoms with van der Waals surface area (Å²) in [6.07, 6.45) is 0.856. The molecular weight excluding hydrogens is 370 g/mol. The highest BCUT2D eigenvalue weighted by molar-refractivity contribution is 5.77. The van der Waals surface area contributed by atoms with E-state index in [2.05, 4.69) is 31.0 Å². The molecule has 1 N–H and O–H groups in total. The van der Waals surface area contributed by atoms with E-state index in [9.17, 15) is 4.79 Å². The van der Waals surface area contributed by atoms with Gasteiger partial charge >= 0.3 is 0 Å². The third-order valence-corrected chi connectivity index (χ3v) is 4.26. The van der Waals surface area contributed by atoms with Crippen LogP contribution in [0.2, 0.25) is 0 Å². The third-order valence-electron chi connectivity index (χ3n) is 4.26. The predicted octanol–water partition coefficient (Wildman–Crippen LogP) is 2.99. The van der Waals surface area contributed by atoms with Gasteiger partial charge in [0.05, 0.1) is 13.7 Å². The highest BCUT2D eigenvalue weighted by atomic mass is 16.5. The number of carbonyl (C=O) groups excluding carboxylic acids is 1. The van der Waals surface area contributed by atoms with Gasteiger partial charge in [-0.15, -0.1) is 0 Å². The molecule has 2 aromatic carbocycles. The second-order valence-electron chi connectivity index (χ2n) is 7.17. The van der Waals surface area contributed by atoms with Gasteiger partial charge in [0.15, 0.2) is 18.1 Å². The van der Waals surface area contributed by atoms with Gasteiger partial charge in [-0.1, -0.05) is 30.0 Å². The smallest absolute Gasteiger partial charge is 0.258 e. The summed E-state index contributed by atoms with van der Waals surface area (Å²) in [6, 6.07) is 13.0. The Balaban J connectivity index is 1.38. The van der Waals surface area contributed by atoms with Crippen LogP contribution in [0.5, 0.6) is 23.0 Å². The van der Waals surface area contributed by atoms with Crippen molar-refractivity contribution < 1.29 is 23.7 Å². The van der Waals surface area contributed by atoms with Crippen molar-refractivity contribution in [3.05, 3.63) is 48.0 Å². The maximum Gasteiger partial charge on any atom is 0.258 e. The lowest BCUT2D eigenvalue weighted by Crippen LogP contribution is -2.29. The molecule has 3 rings (SSSR count). The number of nitrogens with one attached hydrogen (secondary N) is 1. The Labute approximate surface area is 171 Å². The van der Waals surface area contributed by atoms with E-state index in [-0.39, 0.29) is 31.3 Å². The first-order valence-electron chi connectivity index (χ1n) is 9.40. The molecule has 0 aromatic heterocycles. The lowest BCUT2D eigenvalue weighted by molar-refractivity contribution is -0.122. The number of methoxy groups -OCH3 is 1. The molecule has 0 saturated carbocycles. The third kappa shape index (κ3) is 5.82. The molecule has 0 radical (unpaired) electrons. The summed E-state index contributed by atoms with van der Waals surface area (Å²) in [5.74, 6) is 8.23. The van der Waals surface area contributed by atoms with E-state index >= 15 is 0 Å². The van der Waals surface area contributed by atoms with E-state index in [1.807, 2.05) is 18.2 Å². The van der Waals surface area contributed by atoms with Gasteiger partial charge in [-0.3, -0.25) is 4.79 Å². The van der Waals surface area contributed by atoms with Crippen molar-refractivity contribution in [2.45, 2.75) is 25.9 Å². The van der Waals surface area contributed by atoms with E-state index in [0.29, 0.717) is 17.2 Å². The number of ether oxygens (including phenoxy) is 4. The monoisotopic (exact) mass is 395 g/mol. The number of carbonyl (C=O) groups is 1. The van der Waals surface area contributed by atoms with E-state index < -0.39 is 0 Å². The number of hydrogen-bond acceptors (Lipinski definition) is 5. The molecule has 152 valence electrons. The van der Waals surface area contributed by atoms with Crippen LogP contribution in [0.4, 0.5) is 0 Å². The molecular formula is C23H25NO5. The van der Waals surface area contributed by atoms with Crippen molar-refractivity contribution >= 4 is 5.91 Å². The van der Waals surface area contributed by atoms with E-state index in [4.69, 9.17) is 18.9 Å². The van der Waals surface area contributed by atoms with E-state index in [1.165, 1.54) is 0 Å². The number of benzene rings is 2. The first-order chi connectivity index (χ1) is 14.0. The maximum absolute atomic E-state index is 11.8.